The van der Waals surface area contributed by atoms with Crippen molar-refractivity contribution in [2.24, 2.45) is 0 Å². The van der Waals surface area contributed by atoms with Gasteiger partial charge in [0.15, 0.2) is 0 Å². The van der Waals surface area contributed by atoms with Gasteiger partial charge in [-0.3, -0.25) is 0 Å². The summed E-state index contributed by atoms with van der Waals surface area (Å²) in [6.07, 6.45) is 0. The van der Waals surface area contributed by atoms with Crippen LogP contribution in [-0.2, 0) is 11.0 Å². The molecule has 0 aromatic heterocycles. The molecule has 0 radical (unpaired) electrons. The third kappa shape index (κ3) is 3.95. The predicted molar refractivity (Wildman–Crippen MR) is 122 cm³/mol. The number of hydrogen-bond acceptors (Lipinski definition) is 1. The second-order valence-electron chi connectivity index (χ2n) is 7.58. The van der Waals surface area contributed by atoms with E-state index < -0.39 is 8.32 Å². The normalized spacial score (nSPS) is 12.2. The van der Waals surface area contributed by atoms with Gasteiger partial charge in [-0.2, -0.15) is 0 Å². The fraction of sp³-hybridized carbons (Fsp3) is 0.217. The Bertz CT molecular complexity index is 801. The second kappa shape index (κ2) is 8.07. The summed E-state index contributed by atoms with van der Waals surface area (Å²) in [6.45, 7) is 7.57. The van der Waals surface area contributed by atoms with Crippen molar-refractivity contribution in [2.45, 2.75) is 32.4 Å². The van der Waals surface area contributed by atoms with Gasteiger partial charge in [-0.25, -0.2) is 0 Å². The summed E-state index contributed by atoms with van der Waals surface area (Å²) in [5.41, 5.74) is 1.23. The molecular weight excluding hydrogens is 447 g/mol. The van der Waals surface area contributed by atoms with Crippen molar-refractivity contribution in [1.82, 2.24) is 0 Å². The van der Waals surface area contributed by atoms with Crippen molar-refractivity contribution in [3.05, 3.63) is 94.1 Å². The summed E-state index contributed by atoms with van der Waals surface area (Å²) in [5, 5.41) is 2.66. The van der Waals surface area contributed by atoms with Crippen LogP contribution in [0.5, 0.6) is 0 Å². The lowest BCUT2D eigenvalue weighted by Crippen LogP contribution is -2.66. The van der Waals surface area contributed by atoms with Crippen molar-refractivity contribution in [1.29, 1.82) is 0 Å². The Morgan fingerprint density at radius 3 is 1.77 bits per heavy atom. The van der Waals surface area contributed by atoms with Crippen LogP contribution in [0, 0.1) is 3.57 Å². The van der Waals surface area contributed by atoms with E-state index in [0.717, 1.165) is 0 Å². The monoisotopic (exact) mass is 472 g/mol. The Balaban J connectivity index is 2.11. The number of halogens is 1. The molecule has 0 N–H and O–H groups in total. The molecule has 0 fully saturated rings. The maximum Gasteiger partial charge on any atom is 0.261 e. The van der Waals surface area contributed by atoms with E-state index in [1.807, 2.05) is 0 Å². The standard InChI is InChI=1S/C23H25IOSi/c1-23(2,3)26(21-13-6-4-7-14-21,22-15-8-5-9-16-22)25-18-19-11-10-12-20(24)17-19/h4-17H,18H2,1-3H3. The summed E-state index contributed by atoms with van der Waals surface area (Å²) in [5.74, 6) is 0. The lowest BCUT2D eigenvalue weighted by Gasteiger charge is -2.43. The second-order valence-corrected chi connectivity index (χ2v) is 13.1. The van der Waals surface area contributed by atoms with E-state index >= 15 is 0 Å². The largest absolute Gasteiger partial charge is 0.403 e. The minimum absolute atomic E-state index is 0.0115. The molecule has 3 aromatic carbocycles. The summed E-state index contributed by atoms with van der Waals surface area (Å²) in [7, 11) is -2.45. The molecule has 0 spiro atoms. The van der Waals surface area contributed by atoms with E-state index in [2.05, 4.69) is 128 Å². The summed E-state index contributed by atoms with van der Waals surface area (Å²) < 4.78 is 8.18. The summed E-state index contributed by atoms with van der Waals surface area (Å²) >= 11 is 2.36. The SMILES string of the molecule is CC(C)(C)[Si](OCc1cccc(I)c1)(c1ccccc1)c1ccccc1. The van der Waals surface area contributed by atoms with Crippen LogP contribution in [0.1, 0.15) is 26.3 Å². The Morgan fingerprint density at radius 2 is 1.31 bits per heavy atom. The smallest absolute Gasteiger partial charge is 0.261 e. The minimum atomic E-state index is -2.45. The van der Waals surface area contributed by atoms with Gasteiger partial charge in [0.1, 0.15) is 0 Å². The molecule has 3 rings (SSSR count). The Kier molecular flexibility index (Phi) is 6.00. The highest BCUT2D eigenvalue weighted by Gasteiger charge is 2.50. The third-order valence-electron chi connectivity index (χ3n) is 4.76. The molecular formula is C23H25IOSi. The molecule has 26 heavy (non-hydrogen) atoms. The van der Waals surface area contributed by atoms with Gasteiger partial charge >= 0.3 is 0 Å². The summed E-state index contributed by atoms with van der Waals surface area (Å²) in [6, 6.07) is 30.2. The van der Waals surface area contributed by atoms with Crippen LogP contribution in [0.15, 0.2) is 84.9 Å². The van der Waals surface area contributed by atoms with Gasteiger partial charge in [0.05, 0.1) is 6.61 Å². The van der Waals surface area contributed by atoms with E-state index in [9.17, 15) is 0 Å². The van der Waals surface area contributed by atoms with Gasteiger partial charge < -0.3 is 4.43 Å². The van der Waals surface area contributed by atoms with Crippen LogP contribution in [-0.4, -0.2) is 8.32 Å². The molecule has 1 nitrogen and oxygen atoms in total. The molecule has 3 heteroatoms. The molecule has 0 saturated carbocycles. The fourth-order valence-electron chi connectivity index (χ4n) is 3.58. The predicted octanol–water partition coefficient (Wildman–Crippen LogP) is 5.37. The van der Waals surface area contributed by atoms with Crippen molar-refractivity contribution in [3.8, 4) is 0 Å². The van der Waals surface area contributed by atoms with Crippen molar-refractivity contribution < 1.29 is 4.43 Å². The highest BCUT2D eigenvalue weighted by molar-refractivity contribution is 14.1. The number of rotatable bonds is 5. The highest BCUT2D eigenvalue weighted by Crippen LogP contribution is 2.37. The molecule has 0 aliphatic heterocycles. The summed E-state index contributed by atoms with van der Waals surface area (Å²) in [4.78, 5) is 0. The van der Waals surface area contributed by atoms with Crippen LogP contribution < -0.4 is 10.4 Å². The van der Waals surface area contributed by atoms with Crippen LogP contribution in [0.3, 0.4) is 0 Å². The molecule has 0 unspecified atom stereocenters. The van der Waals surface area contributed by atoms with Crippen molar-refractivity contribution in [2.75, 3.05) is 0 Å². The van der Waals surface area contributed by atoms with Crippen LogP contribution in [0.2, 0.25) is 5.04 Å². The maximum absolute atomic E-state index is 6.94. The van der Waals surface area contributed by atoms with Crippen LogP contribution in [0.25, 0.3) is 0 Å². The van der Waals surface area contributed by atoms with E-state index in [1.54, 1.807) is 0 Å². The van der Waals surface area contributed by atoms with E-state index in [-0.39, 0.29) is 5.04 Å². The first kappa shape index (κ1) is 19.3. The van der Waals surface area contributed by atoms with Crippen molar-refractivity contribution in [3.63, 3.8) is 0 Å². The fourth-order valence-corrected chi connectivity index (χ4v) is 8.73. The molecule has 3 aromatic rings. The third-order valence-corrected chi connectivity index (χ3v) is 10.4. The van der Waals surface area contributed by atoms with Crippen LogP contribution >= 0.6 is 22.6 Å². The van der Waals surface area contributed by atoms with Crippen molar-refractivity contribution >= 4 is 41.3 Å². The molecule has 134 valence electrons. The quantitative estimate of drug-likeness (QED) is 0.359. The first-order valence-corrected chi connectivity index (χ1v) is 11.9. The van der Waals surface area contributed by atoms with Gasteiger partial charge in [0.2, 0.25) is 0 Å². The first-order chi connectivity index (χ1) is 12.4. The maximum atomic E-state index is 6.94. The number of hydrogen-bond donors (Lipinski definition) is 0. The zero-order chi connectivity index (χ0) is 18.6. The van der Waals surface area contributed by atoms with Gasteiger partial charge in [-0.15, -0.1) is 0 Å². The first-order valence-electron chi connectivity index (χ1n) is 8.93. The molecule has 0 saturated heterocycles. The Hall–Kier alpha value is -1.43. The average Bonchev–Trinajstić information content (AvgIpc) is 2.63. The molecule has 0 heterocycles. The molecule has 0 aliphatic rings. The van der Waals surface area contributed by atoms with Gasteiger partial charge in [-0.05, 0) is 55.7 Å². The highest BCUT2D eigenvalue weighted by atomic mass is 127. The van der Waals surface area contributed by atoms with Gasteiger partial charge in [-0.1, -0.05) is 93.6 Å². The number of benzene rings is 3. The average molecular weight is 472 g/mol. The molecule has 0 atom stereocenters. The molecule has 0 aliphatic carbocycles. The zero-order valence-electron chi connectivity index (χ0n) is 15.6. The van der Waals surface area contributed by atoms with Crippen LogP contribution in [0.4, 0.5) is 0 Å². The van der Waals surface area contributed by atoms with E-state index in [0.29, 0.717) is 6.61 Å². The Morgan fingerprint density at radius 1 is 0.769 bits per heavy atom. The Labute approximate surface area is 171 Å². The zero-order valence-corrected chi connectivity index (χ0v) is 18.7. The minimum Gasteiger partial charge on any atom is -0.403 e. The lowest BCUT2D eigenvalue weighted by atomic mass is 10.2. The molecule has 0 bridgehead atoms. The molecule has 0 amide bonds. The van der Waals surface area contributed by atoms with Gasteiger partial charge in [0, 0.05) is 3.57 Å². The van der Waals surface area contributed by atoms with Gasteiger partial charge in [0.25, 0.3) is 8.32 Å². The van der Waals surface area contributed by atoms with E-state index in [1.165, 1.54) is 19.5 Å². The topological polar surface area (TPSA) is 9.23 Å². The lowest BCUT2D eigenvalue weighted by molar-refractivity contribution is 0.286. The van der Waals surface area contributed by atoms with E-state index in [4.69, 9.17) is 4.43 Å².